The molecule has 0 amide bonds. The summed E-state index contributed by atoms with van der Waals surface area (Å²) < 4.78 is 0. The van der Waals surface area contributed by atoms with E-state index >= 15 is 0 Å². The highest BCUT2D eigenvalue weighted by atomic mass is 14.9. The maximum absolute atomic E-state index is 3.81. The molecule has 1 heteroatoms. The van der Waals surface area contributed by atoms with E-state index in [1.807, 2.05) is 6.08 Å². The Balaban J connectivity index is 2.06. The van der Waals surface area contributed by atoms with Crippen LogP contribution in [0.3, 0.4) is 0 Å². The molecule has 0 bridgehead atoms. The number of hydrogen-bond donors (Lipinski definition) is 1. The number of allylic oxidation sites excluding steroid dienone is 1. The molecule has 1 fully saturated rings. The van der Waals surface area contributed by atoms with Crippen molar-refractivity contribution in [1.29, 1.82) is 0 Å². The molecule has 1 aromatic rings. The van der Waals surface area contributed by atoms with Crippen LogP contribution in [-0.2, 0) is 0 Å². The summed E-state index contributed by atoms with van der Waals surface area (Å²) in [7, 11) is 0. The van der Waals surface area contributed by atoms with E-state index in [0.717, 1.165) is 12.3 Å². The quantitative estimate of drug-likeness (QED) is 0.763. The summed E-state index contributed by atoms with van der Waals surface area (Å²) in [4.78, 5) is 0. The Morgan fingerprint density at radius 2 is 2.17 bits per heavy atom. The summed E-state index contributed by atoms with van der Waals surface area (Å²) in [5.74, 6) is 1.41. The van der Waals surface area contributed by atoms with Crippen LogP contribution in [0.2, 0.25) is 0 Å². The molecule has 2 rings (SSSR count). The van der Waals surface area contributed by atoms with Gasteiger partial charge in [0, 0.05) is 0 Å². The Morgan fingerprint density at radius 3 is 2.89 bits per heavy atom. The van der Waals surface area contributed by atoms with Gasteiger partial charge in [0.25, 0.3) is 0 Å². The van der Waals surface area contributed by atoms with Crippen molar-refractivity contribution in [2.75, 3.05) is 13.1 Å². The average molecular weight is 243 g/mol. The highest BCUT2D eigenvalue weighted by molar-refractivity contribution is 5.29. The largest absolute Gasteiger partial charge is 0.317 e. The first-order valence-corrected chi connectivity index (χ1v) is 7.22. The zero-order valence-corrected chi connectivity index (χ0v) is 11.5. The molecule has 98 valence electrons. The monoisotopic (exact) mass is 243 g/mol. The molecule has 0 saturated carbocycles. The standard InChI is InChI=1S/C17H25N/c1-3-4-6-14(2)16-7-5-8-17(13-16)15-9-11-18-12-10-15/h3,5,7-8,13-15,18H,1,4,6,9-12H2,2H3. The Hall–Kier alpha value is -1.08. The highest BCUT2D eigenvalue weighted by Crippen LogP contribution is 2.29. The fourth-order valence-electron chi connectivity index (χ4n) is 2.81. The van der Waals surface area contributed by atoms with Gasteiger partial charge in [0.2, 0.25) is 0 Å². The molecule has 1 saturated heterocycles. The second-order valence-corrected chi connectivity index (χ2v) is 5.46. The third-order valence-corrected chi connectivity index (χ3v) is 4.09. The maximum atomic E-state index is 3.81. The van der Waals surface area contributed by atoms with E-state index in [4.69, 9.17) is 0 Å². The Morgan fingerprint density at radius 1 is 1.39 bits per heavy atom. The van der Waals surface area contributed by atoms with Gasteiger partial charge in [-0.1, -0.05) is 37.3 Å². The minimum atomic E-state index is 0.643. The first-order valence-electron chi connectivity index (χ1n) is 7.22. The lowest BCUT2D eigenvalue weighted by Gasteiger charge is -2.24. The SMILES string of the molecule is C=CCCC(C)c1cccc(C2CCNCC2)c1. The van der Waals surface area contributed by atoms with E-state index in [1.54, 1.807) is 5.56 Å². The summed E-state index contributed by atoms with van der Waals surface area (Å²) in [6.45, 7) is 8.47. The molecule has 1 aliphatic heterocycles. The predicted molar refractivity (Wildman–Crippen MR) is 79.1 cm³/mol. The third kappa shape index (κ3) is 3.46. The lowest BCUT2D eigenvalue weighted by atomic mass is 9.87. The van der Waals surface area contributed by atoms with Crippen LogP contribution in [0.25, 0.3) is 0 Å². The molecule has 1 N–H and O–H groups in total. The summed E-state index contributed by atoms with van der Waals surface area (Å²) in [6, 6.07) is 9.25. The van der Waals surface area contributed by atoms with E-state index in [1.165, 1.54) is 37.9 Å². The zero-order valence-electron chi connectivity index (χ0n) is 11.5. The van der Waals surface area contributed by atoms with E-state index in [-0.39, 0.29) is 0 Å². The fourth-order valence-corrected chi connectivity index (χ4v) is 2.81. The third-order valence-electron chi connectivity index (χ3n) is 4.09. The molecule has 0 spiro atoms. The summed E-state index contributed by atoms with van der Waals surface area (Å²) >= 11 is 0. The van der Waals surface area contributed by atoms with Crippen LogP contribution < -0.4 is 5.32 Å². The minimum absolute atomic E-state index is 0.643. The first-order chi connectivity index (χ1) is 8.81. The second kappa shape index (κ2) is 6.75. The average Bonchev–Trinajstić information content (AvgIpc) is 2.46. The van der Waals surface area contributed by atoms with Gasteiger partial charge < -0.3 is 5.32 Å². The molecule has 1 nitrogen and oxygen atoms in total. The van der Waals surface area contributed by atoms with Crippen molar-refractivity contribution >= 4 is 0 Å². The van der Waals surface area contributed by atoms with Crippen molar-refractivity contribution in [3.05, 3.63) is 48.0 Å². The lowest BCUT2D eigenvalue weighted by molar-refractivity contribution is 0.460. The van der Waals surface area contributed by atoms with Crippen molar-refractivity contribution < 1.29 is 0 Å². The van der Waals surface area contributed by atoms with Gasteiger partial charge in [0.15, 0.2) is 0 Å². The van der Waals surface area contributed by atoms with Crippen LogP contribution in [0.1, 0.15) is 55.6 Å². The van der Waals surface area contributed by atoms with E-state index in [9.17, 15) is 0 Å². The summed E-state index contributed by atoms with van der Waals surface area (Å²) in [5, 5.41) is 3.44. The molecule has 1 aliphatic rings. The molecule has 0 radical (unpaired) electrons. The maximum Gasteiger partial charge on any atom is -0.00431 e. The smallest absolute Gasteiger partial charge is 0.00431 e. The fraction of sp³-hybridized carbons (Fsp3) is 0.529. The Labute approximate surface area is 111 Å². The van der Waals surface area contributed by atoms with Crippen LogP contribution in [0.4, 0.5) is 0 Å². The molecule has 1 atom stereocenters. The van der Waals surface area contributed by atoms with Gasteiger partial charge in [-0.05, 0) is 61.7 Å². The molecule has 0 aromatic heterocycles. The van der Waals surface area contributed by atoms with Crippen molar-refractivity contribution in [3.8, 4) is 0 Å². The van der Waals surface area contributed by atoms with E-state index < -0.39 is 0 Å². The van der Waals surface area contributed by atoms with Crippen molar-refractivity contribution in [1.82, 2.24) is 5.32 Å². The van der Waals surface area contributed by atoms with Crippen LogP contribution in [0.5, 0.6) is 0 Å². The second-order valence-electron chi connectivity index (χ2n) is 5.46. The zero-order chi connectivity index (χ0) is 12.8. The lowest BCUT2D eigenvalue weighted by Crippen LogP contribution is -2.26. The molecule has 1 aromatic carbocycles. The van der Waals surface area contributed by atoms with Gasteiger partial charge in [-0.2, -0.15) is 0 Å². The number of rotatable bonds is 5. The van der Waals surface area contributed by atoms with Gasteiger partial charge in [0.1, 0.15) is 0 Å². The molecule has 18 heavy (non-hydrogen) atoms. The van der Waals surface area contributed by atoms with Gasteiger partial charge in [0.05, 0.1) is 0 Å². The number of nitrogens with one attached hydrogen (secondary N) is 1. The van der Waals surface area contributed by atoms with Crippen molar-refractivity contribution in [3.63, 3.8) is 0 Å². The van der Waals surface area contributed by atoms with Crippen LogP contribution >= 0.6 is 0 Å². The van der Waals surface area contributed by atoms with Gasteiger partial charge in [-0.15, -0.1) is 6.58 Å². The molecule has 0 aliphatic carbocycles. The summed E-state index contributed by atoms with van der Waals surface area (Å²) in [5.41, 5.74) is 3.03. The van der Waals surface area contributed by atoms with Gasteiger partial charge in [-0.25, -0.2) is 0 Å². The predicted octanol–water partition coefficient (Wildman–Crippen LogP) is 4.22. The molecule has 1 unspecified atom stereocenters. The normalized spacial score (nSPS) is 18.5. The summed E-state index contributed by atoms with van der Waals surface area (Å²) in [6.07, 6.45) is 6.90. The Kier molecular flexibility index (Phi) is 5.00. The molecular weight excluding hydrogens is 218 g/mol. The Bertz CT molecular complexity index is 377. The van der Waals surface area contributed by atoms with E-state index in [2.05, 4.69) is 43.1 Å². The first kappa shape index (κ1) is 13.4. The van der Waals surface area contributed by atoms with Gasteiger partial charge in [-0.3, -0.25) is 0 Å². The van der Waals surface area contributed by atoms with Crippen LogP contribution in [-0.4, -0.2) is 13.1 Å². The number of hydrogen-bond acceptors (Lipinski definition) is 1. The highest BCUT2D eigenvalue weighted by Gasteiger charge is 2.16. The number of benzene rings is 1. The van der Waals surface area contributed by atoms with Crippen molar-refractivity contribution in [2.45, 2.75) is 44.4 Å². The molecular formula is C17H25N. The van der Waals surface area contributed by atoms with E-state index in [0.29, 0.717) is 5.92 Å². The van der Waals surface area contributed by atoms with Crippen LogP contribution in [0, 0.1) is 0 Å². The topological polar surface area (TPSA) is 12.0 Å². The van der Waals surface area contributed by atoms with Crippen molar-refractivity contribution in [2.24, 2.45) is 0 Å². The van der Waals surface area contributed by atoms with Gasteiger partial charge >= 0.3 is 0 Å². The number of piperidine rings is 1. The molecule has 1 heterocycles. The van der Waals surface area contributed by atoms with Crippen LogP contribution in [0.15, 0.2) is 36.9 Å². The minimum Gasteiger partial charge on any atom is -0.317 e.